The average molecular weight is 363 g/mol. The summed E-state index contributed by atoms with van der Waals surface area (Å²) in [6.45, 7) is 9.59. The largest absolute Gasteiger partial charge is 0.495 e. The topological polar surface area (TPSA) is 70.8 Å². The number of carbonyl (C=O) groups is 1. The van der Waals surface area contributed by atoms with Gasteiger partial charge in [-0.25, -0.2) is 0 Å². The second-order valence-electron chi connectivity index (χ2n) is 7.09. The first-order valence-corrected chi connectivity index (χ1v) is 9.17. The van der Waals surface area contributed by atoms with Crippen molar-refractivity contribution in [2.45, 2.75) is 45.8 Å². The Morgan fingerprint density at radius 2 is 1.88 bits per heavy atom. The second kappa shape index (κ2) is 7.44. The van der Waals surface area contributed by atoms with Crippen molar-refractivity contribution in [2.24, 2.45) is 0 Å². The molecule has 0 amide bonds. The minimum absolute atomic E-state index is 0.0531. The van der Waals surface area contributed by atoms with E-state index in [9.17, 15) is 4.79 Å². The Kier molecular flexibility index (Phi) is 5.91. The second-order valence-corrected chi connectivity index (χ2v) is 8.24. The third-order valence-corrected chi connectivity index (χ3v) is 5.49. The molecule has 0 atom stereocenters. The van der Waals surface area contributed by atoms with Crippen molar-refractivity contribution < 1.29 is 18.8 Å². The molecule has 1 heterocycles. The molecule has 5 nitrogen and oxygen atoms in total. The van der Waals surface area contributed by atoms with Crippen LogP contribution < -0.4 is 10.5 Å². The van der Waals surface area contributed by atoms with Crippen LogP contribution in [0, 0.1) is 0 Å². The van der Waals surface area contributed by atoms with Crippen LogP contribution in [-0.4, -0.2) is 36.3 Å². The van der Waals surface area contributed by atoms with E-state index < -0.39 is 18.3 Å². The highest BCUT2D eigenvalue weighted by molar-refractivity contribution is 8.13. The maximum absolute atomic E-state index is 11.4. The van der Waals surface area contributed by atoms with Gasteiger partial charge in [0.05, 0.1) is 24.0 Å². The van der Waals surface area contributed by atoms with E-state index in [1.54, 1.807) is 20.1 Å². The van der Waals surface area contributed by atoms with Crippen molar-refractivity contribution >= 4 is 35.8 Å². The fourth-order valence-corrected chi connectivity index (χ4v) is 2.98. The molecule has 0 unspecified atom stereocenters. The van der Waals surface area contributed by atoms with E-state index in [-0.39, 0.29) is 5.12 Å². The van der Waals surface area contributed by atoms with Gasteiger partial charge in [0.25, 0.3) is 0 Å². The number of thioether (sulfide) groups is 1. The highest BCUT2D eigenvalue weighted by atomic mass is 32.2. The third-order valence-electron chi connectivity index (χ3n) is 4.61. The summed E-state index contributed by atoms with van der Waals surface area (Å²) < 4.78 is 17.6. The normalized spacial score (nSPS) is 19.1. The van der Waals surface area contributed by atoms with Gasteiger partial charge in [0.15, 0.2) is 5.12 Å². The quantitative estimate of drug-likeness (QED) is 0.637. The molecule has 1 aromatic carbocycles. The van der Waals surface area contributed by atoms with Crippen molar-refractivity contribution in [3.63, 3.8) is 0 Å². The van der Waals surface area contributed by atoms with Gasteiger partial charge in [0.2, 0.25) is 0 Å². The molecule has 0 aliphatic carbocycles. The molecule has 25 heavy (non-hydrogen) atoms. The van der Waals surface area contributed by atoms with Gasteiger partial charge in [-0.3, -0.25) is 4.79 Å². The standard InChI is InChI=1S/C18H26BNO4S/c1-12(21)25-11-14(19-23-17(2,3)18(4,5)24-19)9-13-7-8-15(20)16(10-13)22-6/h7-10H,11,20H2,1-6H3. The molecular weight excluding hydrogens is 337 g/mol. The van der Waals surface area contributed by atoms with Crippen LogP contribution in [0.2, 0.25) is 0 Å². The minimum atomic E-state index is -0.500. The molecule has 136 valence electrons. The maximum Gasteiger partial charge on any atom is 0.491 e. The van der Waals surface area contributed by atoms with E-state index in [1.165, 1.54) is 11.8 Å². The van der Waals surface area contributed by atoms with Gasteiger partial charge in [-0.05, 0) is 50.9 Å². The van der Waals surface area contributed by atoms with Crippen molar-refractivity contribution in [1.29, 1.82) is 0 Å². The van der Waals surface area contributed by atoms with Crippen LogP contribution >= 0.6 is 11.8 Å². The molecule has 0 radical (unpaired) electrons. The number of nitrogen functional groups attached to an aromatic ring is 1. The first-order chi connectivity index (χ1) is 11.6. The van der Waals surface area contributed by atoms with E-state index in [4.69, 9.17) is 19.8 Å². The summed E-state index contributed by atoms with van der Waals surface area (Å²) >= 11 is 1.24. The van der Waals surface area contributed by atoms with Gasteiger partial charge >= 0.3 is 7.12 Å². The Morgan fingerprint density at radius 1 is 1.28 bits per heavy atom. The van der Waals surface area contributed by atoms with Crippen LogP contribution in [0.1, 0.15) is 40.2 Å². The van der Waals surface area contributed by atoms with Crippen LogP contribution in [0.4, 0.5) is 5.69 Å². The Balaban J connectivity index is 2.35. The highest BCUT2D eigenvalue weighted by Crippen LogP contribution is 2.39. The summed E-state index contributed by atoms with van der Waals surface area (Å²) in [4.78, 5) is 11.4. The van der Waals surface area contributed by atoms with Gasteiger partial charge in [-0.15, -0.1) is 0 Å². The number of anilines is 1. The first-order valence-electron chi connectivity index (χ1n) is 8.19. The molecule has 0 spiro atoms. The summed E-state index contributed by atoms with van der Waals surface area (Å²) in [6.07, 6.45) is 1.97. The molecule has 1 aliphatic heterocycles. The van der Waals surface area contributed by atoms with Crippen molar-refractivity contribution in [3.8, 4) is 5.75 Å². The fraction of sp³-hybridized carbons (Fsp3) is 0.500. The van der Waals surface area contributed by atoms with E-state index in [1.807, 2.05) is 45.9 Å². The van der Waals surface area contributed by atoms with E-state index in [2.05, 4.69) is 0 Å². The molecule has 1 aromatic rings. The summed E-state index contributed by atoms with van der Waals surface area (Å²) in [6, 6.07) is 5.56. The molecule has 0 aromatic heterocycles. The number of methoxy groups -OCH3 is 1. The van der Waals surface area contributed by atoms with Crippen molar-refractivity contribution in [2.75, 3.05) is 18.6 Å². The Labute approximate surface area is 154 Å². The summed E-state index contributed by atoms with van der Waals surface area (Å²) in [5, 5.41) is 0.0531. The van der Waals surface area contributed by atoms with E-state index >= 15 is 0 Å². The molecule has 2 N–H and O–H groups in total. The zero-order valence-electron chi connectivity index (χ0n) is 15.7. The number of rotatable bonds is 5. The molecule has 0 bridgehead atoms. The van der Waals surface area contributed by atoms with Crippen LogP contribution in [0.15, 0.2) is 23.7 Å². The van der Waals surface area contributed by atoms with Gasteiger partial charge in [0.1, 0.15) is 5.75 Å². The maximum atomic E-state index is 11.4. The van der Waals surface area contributed by atoms with Crippen LogP contribution in [0.5, 0.6) is 5.75 Å². The van der Waals surface area contributed by atoms with Gasteiger partial charge in [-0.2, -0.15) is 0 Å². The summed E-state index contributed by atoms with van der Waals surface area (Å²) in [5.41, 5.74) is 7.40. The Morgan fingerprint density at radius 3 is 2.40 bits per heavy atom. The van der Waals surface area contributed by atoms with Gasteiger partial charge < -0.3 is 19.8 Å². The zero-order valence-corrected chi connectivity index (χ0v) is 16.5. The number of nitrogens with two attached hydrogens (primary N) is 1. The lowest BCUT2D eigenvalue weighted by Crippen LogP contribution is -2.41. The lowest BCUT2D eigenvalue weighted by atomic mass is 9.78. The predicted molar refractivity (Wildman–Crippen MR) is 105 cm³/mol. The molecule has 1 saturated heterocycles. The number of benzene rings is 1. The van der Waals surface area contributed by atoms with Crippen LogP contribution in [0.3, 0.4) is 0 Å². The number of ether oxygens (including phenoxy) is 1. The minimum Gasteiger partial charge on any atom is -0.495 e. The van der Waals surface area contributed by atoms with Crippen molar-refractivity contribution in [1.82, 2.24) is 0 Å². The third kappa shape index (κ3) is 4.60. The average Bonchev–Trinajstić information content (AvgIpc) is 2.73. The zero-order chi connectivity index (χ0) is 18.8. The predicted octanol–water partition coefficient (Wildman–Crippen LogP) is 3.57. The monoisotopic (exact) mass is 363 g/mol. The number of hydrogen-bond donors (Lipinski definition) is 1. The van der Waals surface area contributed by atoms with E-state index in [0.717, 1.165) is 11.0 Å². The molecule has 1 fully saturated rings. The molecule has 0 saturated carbocycles. The number of carbonyl (C=O) groups excluding carboxylic acids is 1. The Bertz CT molecular complexity index is 672. The SMILES string of the molecule is COc1cc(C=C(CSC(C)=O)B2OC(C)(C)C(C)(C)O2)ccc1N. The summed E-state index contributed by atoms with van der Waals surface area (Å²) in [7, 11) is 1.08. The van der Waals surface area contributed by atoms with Crippen LogP contribution in [-0.2, 0) is 14.1 Å². The van der Waals surface area contributed by atoms with Gasteiger partial charge in [-0.1, -0.05) is 23.9 Å². The first kappa shape index (κ1) is 19.9. The van der Waals surface area contributed by atoms with Gasteiger partial charge in [0, 0.05) is 12.7 Å². The van der Waals surface area contributed by atoms with Crippen molar-refractivity contribution in [3.05, 3.63) is 29.2 Å². The number of hydrogen-bond acceptors (Lipinski definition) is 6. The summed E-state index contributed by atoms with van der Waals surface area (Å²) in [5.74, 6) is 1.11. The Hall–Kier alpha value is -1.44. The fourth-order valence-electron chi connectivity index (χ4n) is 2.39. The van der Waals surface area contributed by atoms with E-state index in [0.29, 0.717) is 17.2 Å². The van der Waals surface area contributed by atoms with Crippen LogP contribution in [0.25, 0.3) is 6.08 Å². The molecular formula is C18H26BNO4S. The lowest BCUT2D eigenvalue weighted by Gasteiger charge is -2.32. The highest BCUT2D eigenvalue weighted by Gasteiger charge is 2.52. The molecule has 2 rings (SSSR count). The molecule has 7 heteroatoms. The smallest absolute Gasteiger partial charge is 0.491 e. The molecule has 1 aliphatic rings. The lowest BCUT2D eigenvalue weighted by molar-refractivity contribution is -0.109.